The Morgan fingerprint density at radius 2 is 1.42 bits per heavy atom. The van der Waals surface area contributed by atoms with Crippen molar-refractivity contribution in [3.05, 3.63) is 65.7 Å². The molecule has 0 spiro atoms. The van der Waals surface area contributed by atoms with Gasteiger partial charge in [-0.05, 0) is 86.1 Å². The lowest BCUT2D eigenvalue weighted by Gasteiger charge is -2.40. The van der Waals surface area contributed by atoms with E-state index in [1.54, 1.807) is 50.2 Å². The predicted octanol–water partition coefficient (Wildman–Crippen LogP) is 5.95. The van der Waals surface area contributed by atoms with Gasteiger partial charge in [0.25, 0.3) is 0 Å². The highest BCUT2D eigenvalue weighted by Gasteiger charge is 2.39. The van der Waals surface area contributed by atoms with Crippen molar-refractivity contribution in [2.45, 2.75) is 169 Å². The number of methoxy groups -OCH3 is 1. The number of likely N-dealkylation sites (N-methyl/N-ethyl adjacent to an activating group) is 2. The third-order valence-corrected chi connectivity index (χ3v) is 13.8. The fraction of sp³-hybridized carbons (Fsp3) is 0.636. The molecule has 1 aliphatic heterocycles. The number of hydrogen-bond acceptors (Lipinski definition) is 11. The summed E-state index contributed by atoms with van der Waals surface area (Å²) in [6, 6.07) is 12.0. The van der Waals surface area contributed by atoms with Crippen LogP contribution >= 0.6 is 0 Å². The maximum Gasteiger partial charge on any atom is 0.410 e. The smallest absolute Gasteiger partial charge is 0.410 e. The van der Waals surface area contributed by atoms with E-state index in [0.717, 1.165) is 12.0 Å². The minimum Gasteiger partial charge on any atom is -0.445 e. The molecular weight excluding hydrogens is 933 g/mol. The maximum atomic E-state index is 14.1. The SMILES string of the molecule is CC[C@H](C)[C@@H]([C@@H](CC)OC)N(C)C(=O)[C@@H](NC(=O)C(C(C)C)N(C)C(=O)OCc1ccc(NC(=O)[C@H](CCCCN)NC(=O)[C@H](Cc2ccccc2)NC(=O)CCCCCN2C(=O)CC(C)C2=O)cc1)C(C)C. The molecule has 0 saturated carbocycles. The highest BCUT2D eigenvalue weighted by molar-refractivity contribution is 6.03. The number of imide groups is 1. The van der Waals surface area contributed by atoms with Crippen LogP contribution < -0.4 is 27.0 Å². The number of ether oxygens (including phenoxy) is 2. The molecule has 1 saturated heterocycles. The summed E-state index contributed by atoms with van der Waals surface area (Å²) in [4.78, 5) is 111. The first kappa shape index (κ1) is 61.4. The number of anilines is 1. The van der Waals surface area contributed by atoms with Gasteiger partial charge in [0, 0.05) is 58.6 Å². The van der Waals surface area contributed by atoms with Crippen LogP contribution in [-0.4, -0.2) is 133 Å². The van der Waals surface area contributed by atoms with Crippen LogP contribution in [0.25, 0.3) is 0 Å². The van der Waals surface area contributed by atoms with Gasteiger partial charge in [-0.1, -0.05) is 111 Å². The lowest BCUT2D eigenvalue weighted by Crippen LogP contribution is -2.60. The van der Waals surface area contributed by atoms with Crippen molar-refractivity contribution in [1.82, 2.24) is 30.7 Å². The first-order valence-electron chi connectivity index (χ1n) is 26.3. The molecule has 2 unspecified atom stereocenters. The minimum atomic E-state index is -0.983. The van der Waals surface area contributed by atoms with E-state index in [2.05, 4.69) is 35.1 Å². The molecule has 2 aromatic carbocycles. The summed E-state index contributed by atoms with van der Waals surface area (Å²) in [6.07, 6.45) is 4.30. The molecule has 0 aliphatic carbocycles. The molecule has 18 heteroatoms. The number of nitrogens with two attached hydrogens (primary N) is 1. The Balaban J connectivity index is 1.64. The van der Waals surface area contributed by atoms with Gasteiger partial charge in [-0.2, -0.15) is 0 Å². The summed E-state index contributed by atoms with van der Waals surface area (Å²) < 4.78 is 11.4. The van der Waals surface area contributed by atoms with Gasteiger partial charge in [0.05, 0.1) is 12.1 Å². The second kappa shape index (κ2) is 31.0. The molecule has 8 amide bonds. The van der Waals surface area contributed by atoms with Crippen LogP contribution in [0, 0.1) is 23.7 Å². The molecule has 18 nitrogen and oxygen atoms in total. The molecule has 0 aromatic heterocycles. The lowest BCUT2D eigenvalue weighted by atomic mass is 9.90. The molecule has 1 aliphatic rings. The number of rotatable bonds is 31. The summed E-state index contributed by atoms with van der Waals surface area (Å²) in [5.74, 6) is -3.12. The number of benzene rings is 2. The van der Waals surface area contributed by atoms with Crippen molar-refractivity contribution in [3.63, 3.8) is 0 Å². The third-order valence-electron chi connectivity index (χ3n) is 13.8. The summed E-state index contributed by atoms with van der Waals surface area (Å²) in [7, 11) is 4.89. The molecule has 6 N–H and O–H groups in total. The summed E-state index contributed by atoms with van der Waals surface area (Å²) in [6.45, 7) is 15.9. The summed E-state index contributed by atoms with van der Waals surface area (Å²) in [5.41, 5.74) is 7.62. The minimum absolute atomic E-state index is 0.133. The van der Waals surface area contributed by atoms with Gasteiger partial charge in [0.15, 0.2) is 0 Å². The Morgan fingerprint density at radius 1 is 0.753 bits per heavy atom. The first-order chi connectivity index (χ1) is 34.7. The highest BCUT2D eigenvalue weighted by atomic mass is 16.6. The second-order valence-electron chi connectivity index (χ2n) is 20.2. The zero-order valence-corrected chi connectivity index (χ0v) is 45.4. The Hall–Kier alpha value is -5.88. The van der Waals surface area contributed by atoms with Gasteiger partial charge in [-0.3, -0.25) is 43.4 Å². The zero-order chi connectivity index (χ0) is 54.4. The van der Waals surface area contributed by atoms with Gasteiger partial charge in [-0.25, -0.2) is 4.79 Å². The normalized spacial score (nSPS) is 16.5. The van der Waals surface area contributed by atoms with Crippen LogP contribution in [0.15, 0.2) is 54.6 Å². The van der Waals surface area contributed by atoms with E-state index < -0.39 is 48.0 Å². The van der Waals surface area contributed by atoms with E-state index in [0.29, 0.717) is 62.9 Å². The molecule has 1 fully saturated rings. The average molecular weight is 1020 g/mol. The van der Waals surface area contributed by atoms with Crippen molar-refractivity contribution in [2.24, 2.45) is 29.4 Å². The Labute approximate surface area is 434 Å². The van der Waals surface area contributed by atoms with Crippen molar-refractivity contribution in [2.75, 3.05) is 39.6 Å². The predicted molar refractivity (Wildman–Crippen MR) is 281 cm³/mol. The number of nitrogens with one attached hydrogen (secondary N) is 4. The standard InChI is InChI=1S/C55H86N8O10/c1-12-37(7)49(44(13-2)72-11)61(9)54(70)47(35(3)4)60-52(68)48(36(5)6)62(10)55(71)73-34-40-26-28-41(29-27-40)57-50(66)42(24-19-20-30-56)59-51(67)43(33-39-22-16-14-17-23-39)58-45(64)25-18-15-21-31-63-46(65)32-38(8)53(63)69/h14,16-17,22-23,26-29,35-38,42-44,47-49H,12-13,15,18-21,24-25,30-34,56H2,1-11H3,(H,57,66)(H,58,64)(H,59,67)(H,60,68)/t37-,38?,42-,43-,44+,47-,48?,49-/m0/s1. The number of unbranched alkanes of at least 4 members (excludes halogenated alkanes) is 3. The third kappa shape index (κ3) is 18.8. The summed E-state index contributed by atoms with van der Waals surface area (Å²) >= 11 is 0. The molecule has 406 valence electrons. The molecule has 3 rings (SSSR count). The first-order valence-corrected chi connectivity index (χ1v) is 26.3. The van der Waals surface area contributed by atoms with Crippen molar-refractivity contribution < 1.29 is 47.8 Å². The van der Waals surface area contributed by atoms with E-state index >= 15 is 0 Å². The van der Waals surface area contributed by atoms with Crippen LogP contribution in [0.3, 0.4) is 0 Å². The topological polar surface area (TPSA) is 239 Å². The number of hydrogen-bond donors (Lipinski definition) is 5. The van der Waals surface area contributed by atoms with Gasteiger partial charge in [0.2, 0.25) is 41.4 Å². The van der Waals surface area contributed by atoms with Crippen LogP contribution in [0.5, 0.6) is 0 Å². The molecule has 0 bridgehead atoms. The molecular formula is C55H86N8O10. The number of nitrogens with zero attached hydrogens (tertiary/aromatic N) is 3. The molecule has 0 radical (unpaired) electrons. The van der Waals surface area contributed by atoms with Crippen LogP contribution in [0.4, 0.5) is 10.5 Å². The van der Waals surface area contributed by atoms with Crippen LogP contribution in [0.1, 0.15) is 131 Å². The van der Waals surface area contributed by atoms with Crippen LogP contribution in [0.2, 0.25) is 0 Å². The van der Waals surface area contributed by atoms with Crippen molar-refractivity contribution in [3.8, 4) is 0 Å². The van der Waals surface area contributed by atoms with Gasteiger partial charge in [-0.15, -0.1) is 0 Å². The summed E-state index contributed by atoms with van der Waals surface area (Å²) in [5, 5.41) is 11.6. The zero-order valence-electron chi connectivity index (χ0n) is 45.4. The fourth-order valence-corrected chi connectivity index (χ4v) is 9.28. The van der Waals surface area contributed by atoms with E-state index in [9.17, 15) is 38.4 Å². The fourth-order valence-electron chi connectivity index (χ4n) is 9.28. The monoisotopic (exact) mass is 1020 g/mol. The Bertz CT molecular complexity index is 2100. The number of likely N-dealkylation sites (tertiary alicyclic amines) is 1. The second-order valence-corrected chi connectivity index (χ2v) is 20.2. The number of carbonyl (C=O) groups excluding carboxylic acids is 8. The van der Waals surface area contributed by atoms with Gasteiger partial charge >= 0.3 is 6.09 Å². The van der Waals surface area contributed by atoms with E-state index in [-0.39, 0.29) is 91.7 Å². The van der Waals surface area contributed by atoms with Crippen molar-refractivity contribution >= 4 is 53.1 Å². The molecule has 73 heavy (non-hydrogen) atoms. The van der Waals surface area contributed by atoms with Crippen LogP contribution in [-0.2, 0) is 56.1 Å². The molecule has 8 atom stereocenters. The maximum absolute atomic E-state index is 14.1. The Kier molecular flexibility index (Phi) is 26.1. The average Bonchev–Trinajstić information content (AvgIpc) is 3.61. The van der Waals surface area contributed by atoms with E-state index in [1.165, 1.54) is 16.8 Å². The van der Waals surface area contributed by atoms with Gasteiger partial charge < -0.3 is 41.4 Å². The largest absolute Gasteiger partial charge is 0.445 e. The van der Waals surface area contributed by atoms with Gasteiger partial charge in [0.1, 0.15) is 30.8 Å². The highest BCUT2D eigenvalue weighted by Crippen LogP contribution is 2.24. The molecule has 2 aromatic rings. The Morgan fingerprint density at radius 3 is 1.99 bits per heavy atom. The number of carbonyl (C=O) groups is 8. The van der Waals surface area contributed by atoms with E-state index in [1.807, 2.05) is 65.0 Å². The lowest BCUT2D eigenvalue weighted by molar-refractivity contribution is -0.143. The molecule has 1 heterocycles. The number of amides is 8. The quantitative estimate of drug-likeness (QED) is 0.0437. The van der Waals surface area contributed by atoms with E-state index in [4.69, 9.17) is 15.2 Å². The van der Waals surface area contributed by atoms with Crippen molar-refractivity contribution in [1.29, 1.82) is 0 Å².